The quantitative estimate of drug-likeness (QED) is 0.844. The molecule has 1 aliphatic rings. The smallest absolute Gasteiger partial charge is 0.305 e. The predicted molar refractivity (Wildman–Crippen MR) is 83.8 cm³/mol. The van der Waals surface area contributed by atoms with Gasteiger partial charge in [0.05, 0.1) is 7.11 Å². The van der Waals surface area contributed by atoms with Gasteiger partial charge in [-0.1, -0.05) is 24.3 Å². The maximum atomic E-state index is 11.3. The molecule has 2 N–H and O–H groups in total. The number of hydrogen-bond acceptors (Lipinski definition) is 4. The molecule has 4 nitrogen and oxygen atoms in total. The molecule has 1 fully saturated rings. The molecule has 1 aliphatic heterocycles. The molecule has 0 radical (unpaired) electrons. The van der Waals surface area contributed by atoms with Crippen LogP contribution in [0.3, 0.4) is 0 Å². The molecule has 1 aromatic carbocycles. The number of carbonyl (C=O) groups is 1. The molecule has 4 heteroatoms. The first-order valence-electron chi connectivity index (χ1n) is 7.67. The van der Waals surface area contributed by atoms with Crippen LogP contribution in [0.2, 0.25) is 0 Å². The summed E-state index contributed by atoms with van der Waals surface area (Å²) in [7, 11) is 1.44. The van der Waals surface area contributed by atoms with Crippen molar-refractivity contribution < 1.29 is 9.53 Å². The van der Waals surface area contributed by atoms with Gasteiger partial charge in [0, 0.05) is 32.1 Å². The van der Waals surface area contributed by atoms with E-state index in [9.17, 15) is 4.79 Å². The second-order valence-electron chi connectivity index (χ2n) is 6.10. The lowest BCUT2D eigenvalue weighted by Crippen LogP contribution is -2.46. The SMILES string of the molecule is COC(=O)CCC1CC(N)CN(Cc2ccccc2C)C1. The number of aryl methyl sites for hydroxylation is 1. The third-order valence-electron chi connectivity index (χ3n) is 4.28. The highest BCUT2D eigenvalue weighted by Gasteiger charge is 2.25. The van der Waals surface area contributed by atoms with E-state index in [4.69, 9.17) is 10.5 Å². The van der Waals surface area contributed by atoms with E-state index in [0.717, 1.165) is 32.5 Å². The number of benzene rings is 1. The minimum Gasteiger partial charge on any atom is -0.469 e. The van der Waals surface area contributed by atoms with E-state index in [2.05, 4.69) is 36.1 Å². The van der Waals surface area contributed by atoms with Gasteiger partial charge >= 0.3 is 5.97 Å². The van der Waals surface area contributed by atoms with Crippen LogP contribution in [0, 0.1) is 12.8 Å². The van der Waals surface area contributed by atoms with Crippen molar-refractivity contribution >= 4 is 5.97 Å². The number of esters is 1. The molecule has 0 saturated carbocycles. The fourth-order valence-electron chi connectivity index (χ4n) is 3.14. The second kappa shape index (κ2) is 7.57. The molecule has 2 atom stereocenters. The first-order valence-corrected chi connectivity index (χ1v) is 7.67. The zero-order valence-electron chi connectivity index (χ0n) is 13.0. The Kier molecular flexibility index (Phi) is 5.76. The van der Waals surface area contributed by atoms with Crippen molar-refractivity contribution in [3.8, 4) is 0 Å². The summed E-state index contributed by atoms with van der Waals surface area (Å²) in [4.78, 5) is 13.7. The Morgan fingerprint density at radius 3 is 2.86 bits per heavy atom. The number of piperidine rings is 1. The summed E-state index contributed by atoms with van der Waals surface area (Å²) in [6.07, 6.45) is 2.36. The maximum Gasteiger partial charge on any atom is 0.305 e. The van der Waals surface area contributed by atoms with Gasteiger partial charge in [-0.05, 0) is 36.8 Å². The fourth-order valence-corrected chi connectivity index (χ4v) is 3.14. The summed E-state index contributed by atoms with van der Waals surface area (Å²) in [5.74, 6) is 0.358. The molecule has 1 saturated heterocycles. The lowest BCUT2D eigenvalue weighted by Gasteiger charge is -2.36. The van der Waals surface area contributed by atoms with Crippen LogP contribution in [0.4, 0.5) is 0 Å². The third kappa shape index (κ3) is 4.83. The van der Waals surface area contributed by atoms with Crippen molar-refractivity contribution in [3.05, 3.63) is 35.4 Å². The number of rotatable bonds is 5. The van der Waals surface area contributed by atoms with Gasteiger partial charge in [0.1, 0.15) is 0 Å². The Bertz CT molecular complexity index is 476. The number of nitrogens with zero attached hydrogens (tertiary/aromatic N) is 1. The normalized spacial score (nSPS) is 23.0. The summed E-state index contributed by atoms with van der Waals surface area (Å²) in [6, 6.07) is 8.68. The summed E-state index contributed by atoms with van der Waals surface area (Å²) >= 11 is 0. The number of nitrogens with two attached hydrogens (primary N) is 1. The highest BCUT2D eigenvalue weighted by molar-refractivity contribution is 5.69. The average Bonchev–Trinajstić information content (AvgIpc) is 2.46. The third-order valence-corrected chi connectivity index (χ3v) is 4.28. The van der Waals surface area contributed by atoms with Crippen LogP contribution < -0.4 is 5.73 Å². The van der Waals surface area contributed by atoms with Crippen molar-refractivity contribution in [1.29, 1.82) is 0 Å². The van der Waals surface area contributed by atoms with E-state index in [1.54, 1.807) is 0 Å². The predicted octanol–water partition coefficient (Wildman–Crippen LogP) is 2.10. The Hall–Kier alpha value is -1.39. The Morgan fingerprint density at radius 1 is 1.38 bits per heavy atom. The van der Waals surface area contributed by atoms with E-state index in [0.29, 0.717) is 12.3 Å². The highest BCUT2D eigenvalue weighted by atomic mass is 16.5. The molecule has 0 amide bonds. The molecule has 0 aromatic heterocycles. The topological polar surface area (TPSA) is 55.6 Å². The average molecular weight is 290 g/mol. The van der Waals surface area contributed by atoms with Gasteiger partial charge in [0.15, 0.2) is 0 Å². The maximum absolute atomic E-state index is 11.3. The summed E-state index contributed by atoms with van der Waals surface area (Å²) in [6.45, 7) is 5.03. The van der Waals surface area contributed by atoms with E-state index in [1.807, 2.05) is 0 Å². The van der Waals surface area contributed by atoms with Crippen LogP contribution in [-0.4, -0.2) is 37.1 Å². The van der Waals surface area contributed by atoms with Crippen LogP contribution >= 0.6 is 0 Å². The van der Waals surface area contributed by atoms with Crippen LogP contribution in [0.1, 0.15) is 30.4 Å². The largest absolute Gasteiger partial charge is 0.469 e. The molecule has 0 spiro atoms. The number of likely N-dealkylation sites (tertiary alicyclic amines) is 1. The molecule has 0 bridgehead atoms. The van der Waals surface area contributed by atoms with Crippen molar-refractivity contribution in [2.75, 3.05) is 20.2 Å². The molecule has 21 heavy (non-hydrogen) atoms. The number of ether oxygens (including phenoxy) is 1. The summed E-state index contributed by atoms with van der Waals surface area (Å²) in [5, 5.41) is 0. The molecule has 1 heterocycles. The molecular weight excluding hydrogens is 264 g/mol. The minimum absolute atomic E-state index is 0.125. The molecular formula is C17H26N2O2. The van der Waals surface area contributed by atoms with Gasteiger partial charge in [-0.2, -0.15) is 0 Å². The Balaban J connectivity index is 1.91. The fraction of sp³-hybridized carbons (Fsp3) is 0.588. The molecule has 2 rings (SSSR count). The van der Waals surface area contributed by atoms with Crippen molar-refractivity contribution in [2.24, 2.45) is 11.7 Å². The lowest BCUT2D eigenvalue weighted by atomic mass is 9.90. The van der Waals surface area contributed by atoms with Crippen molar-refractivity contribution in [1.82, 2.24) is 4.90 Å². The van der Waals surface area contributed by atoms with Crippen LogP contribution in [0.25, 0.3) is 0 Å². The summed E-state index contributed by atoms with van der Waals surface area (Å²) < 4.78 is 4.72. The molecule has 0 aliphatic carbocycles. The standard InChI is InChI=1S/C17H26N2O2/c1-13-5-3-4-6-15(13)11-19-10-14(9-16(18)12-19)7-8-17(20)21-2/h3-6,14,16H,7-12,18H2,1-2H3. The van der Waals surface area contributed by atoms with E-state index >= 15 is 0 Å². The zero-order chi connectivity index (χ0) is 15.2. The van der Waals surface area contributed by atoms with Gasteiger partial charge in [-0.15, -0.1) is 0 Å². The van der Waals surface area contributed by atoms with E-state index in [-0.39, 0.29) is 12.0 Å². The van der Waals surface area contributed by atoms with Gasteiger partial charge in [-0.25, -0.2) is 0 Å². The van der Waals surface area contributed by atoms with Gasteiger partial charge in [-0.3, -0.25) is 9.69 Å². The molecule has 1 aromatic rings. The van der Waals surface area contributed by atoms with E-state index in [1.165, 1.54) is 18.2 Å². The monoisotopic (exact) mass is 290 g/mol. The molecule has 116 valence electrons. The lowest BCUT2D eigenvalue weighted by molar-refractivity contribution is -0.141. The van der Waals surface area contributed by atoms with Gasteiger partial charge < -0.3 is 10.5 Å². The van der Waals surface area contributed by atoms with E-state index < -0.39 is 0 Å². The van der Waals surface area contributed by atoms with Gasteiger partial charge in [0.25, 0.3) is 0 Å². The highest BCUT2D eigenvalue weighted by Crippen LogP contribution is 2.23. The van der Waals surface area contributed by atoms with Crippen LogP contribution in [-0.2, 0) is 16.1 Å². The van der Waals surface area contributed by atoms with Crippen molar-refractivity contribution in [3.63, 3.8) is 0 Å². The van der Waals surface area contributed by atoms with Crippen LogP contribution in [0.5, 0.6) is 0 Å². The Morgan fingerprint density at radius 2 is 2.14 bits per heavy atom. The van der Waals surface area contributed by atoms with Crippen molar-refractivity contribution in [2.45, 2.75) is 38.8 Å². The zero-order valence-corrected chi connectivity index (χ0v) is 13.0. The minimum atomic E-state index is -0.125. The second-order valence-corrected chi connectivity index (χ2v) is 6.10. The van der Waals surface area contributed by atoms with Crippen LogP contribution in [0.15, 0.2) is 24.3 Å². The number of hydrogen-bond donors (Lipinski definition) is 1. The summed E-state index contributed by atoms with van der Waals surface area (Å²) in [5.41, 5.74) is 8.87. The first-order chi connectivity index (χ1) is 10.1. The van der Waals surface area contributed by atoms with Gasteiger partial charge in [0.2, 0.25) is 0 Å². The first kappa shape index (κ1) is 16.0. The molecule has 2 unspecified atom stereocenters. The Labute approximate surface area is 127 Å². The number of carbonyl (C=O) groups excluding carboxylic acids is 1. The number of methoxy groups -OCH3 is 1.